The number of hydrogen-bond donors (Lipinski definition) is 1. The van der Waals surface area contributed by atoms with Crippen LogP contribution in [0.5, 0.6) is 0 Å². The van der Waals surface area contributed by atoms with Crippen molar-refractivity contribution >= 4 is 35.0 Å². The summed E-state index contributed by atoms with van der Waals surface area (Å²) in [4.78, 5) is 27.0. The molecule has 1 aliphatic carbocycles. The van der Waals surface area contributed by atoms with Crippen LogP contribution in [0.3, 0.4) is 0 Å². The lowest BCUT2D eigenvalue weighted by atomic mass is 9.94. The fourth-order valence-corrected chi connectivity index (χ4v) is 4.30. The van der Waals surface area contributed by atoms with Crippen LogP contribution >= 0.6 is 23.2 Å². The predicted octanol–water partition coefficient (Wildman–Crippen LogP) is 3.90. The van der Waals surface area contributed by atoms with Gasteiger partial charge in [0.1, 0.15) is 0 Å². The van der Waals surface area contributed by atoms with Gasteiger partial charge in [-0.2, -0.15) is 0 Å². The molecule has 1 atom stereocenters. The number of carbonyl (C=O) groups excluding carboxylic acids is 2. The third-order valence-electron chi connectivity index (χ3n) is 5.07. The van der Waals surface area contributed by atoms with Crippen molar-refractivity contribution in [3.63, 3.8) is 0 Å². The lowest BCUT2D eigenvalue weighted by Gasteiger charge is -2.31. The molecule has 1 unspecified atom stereocenters. The number of nitrogens with zero attached hydrogens (tertiary/aromatic N) is 1. The Labute approximate surface area is 152 Å². The van der Waals surface area contributed by atoms with Gasteiger partial charge >= 0.3 is 0 Å². The van der Waals surface area contributed by atoms with Crippen LogP contribution in [-0.4, -0.2) is 35.8 Å². The van der Waals surface area contributed by atoms with Crippen molar-refractivity contribution in [1.29, 1.82) is 0 Å². The topological polar surface area (TPSA) is 49.4 Å². The fourth-order valence-electron chi connectivity index (χ4n) is 3.73. The minimum Gasteiger partial charge on any atom is -0.351 e. The molecule has 0 aromatic heterocycles. The molecule has 0 bridgehead atoms. The molecule has 1 saturated carbocycles. The second kappa shape index (κ2) is 7.75. The van der Waals surface area contributed by atoms with E-state index in [4.69, 9.17) is 23.2 Å². The van der Waals surface area contributed by atoms with E-state index in [9.17, 15) is 9.59 Å². The Morgan fingerprint density at radius 3 is 2.46 bits per heavy atom. The molecule has 3 rings (SSSR count). The summed E-state index contributed by atoms with van der Waals surface area (Å²) < 4.78 is 0. The van der Waals surface area contributed by atoms with Crippen LogP contribution in [-0.2, 0) is 4.79 Å². The van der Waals surface area contributed by atoms with Gasteiger partial charge < -0.3 is 10.2 Å². The minimum absolute atomic E-state index is 0.142. The number of benzene rings is 1. The summed E-state index contributed by atoms with van der Waals surface area (Å²) in [5, 5.41) is 3.46. The zero-order chi connectivity index (χ0) is 17.1. The fraction of sp³-hybridized carbons (Fsp3) is 0.556. The number of amides is 2. The van der Waals surface area contributed by atoms with Gasteiger partial charge in [-0.25, -0.2) is 0 Å². The molecular formula is C18H22Cl2N2O2. The number of carbonyl (C=O) groups is 2. The first-order valence-corrected chi connectivity index (χ1v) is 9.36. The first kappa shape index (κ1) is 17.6. The second-order valence-corrected chi connectivity index (χ2v) is 7.43. The third kappa shape index (κ3) is 3.70. The van der Waals surface area contributed by atoms with Crippen LogP contribution in [0.4, 0.5) is 0 Å². The van der Waals surface area contributed by atoms with Crippen molar-refractivity contribution in [1.82, 2.24) is 10.2 Å². The molecular weight excluding hydrogens is 347 g/mol. The third-order valence-corrected chi connectivity index (χ3v) is 5.70. The van der Waals surface area contributed by atoms with Crippen LogP contribution in [0.15, 0.2) is 18.2 Å². The number of likely N-dealkylation sites (tertiary alicyclic amines) is 1. The highest BCUT2D eigenvalue weighted by atomic mass is 35.5. The van der Waals surface area contributed by atoms with Gasteiger partial charge in [-0.15, -0.1) is 0 Å². The maximum atomic E-state index is 12.6. The molecule has 1 heterocycles. The standard InChI is InChI=1S/C18H22Cl2N2O2/c19-14-7-4-8-15(20)16(14)17(23)21-11-12-9-10-22(18(12)24)13-5-2-1-3-6-13/h4,7-8,12-13H,1-3,5-6,9-11H2,(H,21,23). The smallest absolute Gasteiger partial charge is 0.254 e. The highest BCUT2D eigenvalue weighted by Crippen LogP contribution is 2.29. The van der Waals surface area contributed by atoms with Gasteiger partial charge in [-0.3, -0.25) is 9.59 Å². The van der Waals surface area contributed by atoms with Crippen molar-refractivity contribution in [3.05, 3.63) is 33.8 Å². The molecule has 1 saturated heterocycles. The van der Waals surface area contributed by atoms with Crippen LogP contribution in [0, 0.1) is 5.92 Å². The molecule has 1 aliphatic heterocycles. The van der Waals surface area contributed by atoms with E-state index in [1.54, 1.807) is 18.2 Å². The van der Waals surface area contributed by atoms with Gasteiger partial charge in [-0.1, -0.05) is 48.5 Å². The largest absolute Gasteiger partial charge is 0.351 e. The average molecular weight is 369 g/mol. The van der Waals surface area contributed by atoms with E-state index in [2.05, 4.69) is 5.32 Å². The quantitative estimate of drug-likeness (QED) is 0.875. The van der Waals surface area contributed by atoms with Crippen LogP contribution < -0.4 is 5.32 Å². The van der Waals surface area contributed by atoms with E-state index in [0.29, 0.717) is 22.6 Å². The normalized spacial score (nSPS) is 22.0. The van der Waals surface area contributed by atoms with E-state index in [1.807, 2.05) is 4.90 Å². The summed E-state index contributed by atoms with van der Waals surface area (Å²) in [6.45, 7) is 1.14. The zero-order valence-electron chi connectivity index (χ0n) is 13.6. The molecule has 2 aliphatic rings. The van der Waals surface area contributed by atoms with Crippen molar-refractivity contribution in [2.75, 3.05) is 13.1 Å². The maximum Gasteiger partial charge on any atom is 0.254 e. The first-order chi connectivity index (χ1) is 11.6. The van der Waals surface area contributed by atoms with Gasteiger partial charge in [-0.05, 0) is 31.4 Å². The van der Waals surface area contributed by atoms with Crippen LogP contribution in [0.1, 0.15) is 48.9 Å². The molecule has 1 N–H and O–H groups in total. The van der Waals surface area contributed by atoms with E-state index in [0.717, 1.165) is 25.8 Å². The van der Waals surface area contributed by atoms with Gasteiger partial charge in [0.2, 0.25) is 5.91 Å². The minimum atomic E-state index is -0.325. The molecule has 24 heavy (non-hydrogen) atoms. The number of nitrogens with one attached hydrogen (secondary N) is 1. The monoisotopic (exact) mass is 368 g/mol. The number of hydrogen-bond acceptors (Lipinski definition) is 2. The molecule has 0 radical (unpaired) electrons. The van der Waals surface area contributed by atoms with E-state index in [-0.39, 0.29) is 23.3 Å². The van der Waals surface area contributed by atoms with E-state index in [1.165, 1.54) is 19.3 Å². The molecule has 130 valence electrons. The summed E-state index contributed by atoms with van der Waals surface area (Å²) in [7, 11) is 0. The van der Waals surface area contributed by atoms with Gasteiger partial charge in [0.15, 0.2) is 0 Å². The Kier molecular flexibility index (Phi) is 5.67. The lowest BCUT2D eigenvalue weighted by molar-refractivity contribution is -0.133. The van der Waals surface area contributed by atoms with Gasteiger partial charge in [0.05, 0.1) is 21.5 Å². The molecule has 4 nitrogen and oxygen atoms in total. The van der Waals surface area contributed by atoms with Gasteiger partial charge in [0, 0.05) is 19.1 Å². The Balaban J connectivity index is 1.57. The summed E-state index contributed by atoms with van der Waals surface area (Å²) in [6, 6.07) is 5.36. The second-order valence-electron chi connectivity index (χ2n) is 6.62. The van der Waals surface area contributed by atoms with Crippen molar-refractivity contribution in [2.24, 2.45) is 5.92 Å². The highest BCUT2D eigenvalue weighted by molar-refractivity contribution is 6.39. The van der Waals surface area contributed by atoms with E-state index < -0.39 is 0 Å². The van der Waals surface area contributed by atoms with Crippen molar-refractivity contribution in [2.45, 2.75) is 44.6 Å². The maximum absolute atomic E-state index is 12.6. The molecule has 6 heteroatoms. The Bertz CT molecular complexity index is 609. The summed E-state index contributed by atoms with van der Waals surface area (Å²) in [5.74, 6) is -0.292. The molecule has 2 amide bonds. The molecule has 2 fully saturated rings. The highest BCUT2D eigenvalue weighted by Gasteiger charge is 2.36. The van der Waals surface area contributed by atoms with Crippen molar-refractivity contribution in [3.8, 4) is 0 Å². The Hall–Kier alpha value is -1.26. The molecule has 1 aromatic rings. The van der Waals surface area contributed by atoms with Crippen molar-refractivity contribution < 1.29 is 9.59 Å². The summed E-state index contributed by atoms with van der Waals surface area (Å²) >= 11 is 12.1. The average Bonchev–Trinajstić information content (AvgIpc) is 2.94. The Morgan fingerprint density at radius 2 is 1.79 bits per heavy atom. The van der Waals surface area contributed by atoms with Gasteiger partial charge in [0.25, 0.3) is 5.91 Å². The molecule has 1 aromatic carbocycles. The Morgan fingerprint density at radius 1 is 1.12 bits per heavy atom. The number of rotatable bonds is 4. The summed E-state index contributed by atoms with van der Waals surface area (Å²) in [5.41, 5.74) is 0.274. The van der Waals surface area contributed by atoms with Crippen LogP contribution in [0.2, 0.25) is 10.0 Å². The zero-order valence-corrected chi connectivity index (χ0v) is 15.1. The first-order valence-electron chi connectivity index (χ1n) is 8.60. The predicted molar refractivity (Wildman–Crippen MR) is 95.5 cm³/mol. The van der Waals surface area contributed by atoms with Crippen LogP contribution in [0.25, 0.3) is 0 Å². The lowest BCUT2D eigenvalue weighted by Crippen LogP contribution is -2.40. The van der Waals surface area contributed by atoms with E-state index >= 15 is 0 Å². The SMILES string of the molecule is O=C(NCC1CCN(C2CCCCC2)C1=O)c1c(Cl)cccc1Cl. The summed E-state index contributed by atoms with van der Waals surface area (Å²) in [6.07, 6.45) is 6.71. The number of halogens is 2. The molecule has 0 spiro atoms.